The molecule has 0 aliphatic carbocycles. The number of carboxylic acids is 1. The topological polar surface area (TPSA) is 750 Å². The van der Waals surface area contributed by atoms with Crippen LogP contribution in [0, 0.1) is 28.6 Å². The van der Waals surface area contributed by atoms with Crippen LogP contribution < -0.4 is 114 Å². The van der Waals surface area contributed by atoms with Crippen LogP contribution in [0.1, 0.15) is 157 Å². The maximum atomic E-state index is 14.4. The molecule has 1 aromatic heterocycles. The number of unbranched alkanes of at least 4 members (excludes halogenated alkanes) is 1. The number of guanidine groups is 2. The van der Waals surface area contributed by atoms with E-state index < -0.39 is 223 Å². The number of phenols is 1. The minimum atomic E-state index is -1.82. The summed E-state index contributed by atoms with van der Waals surface area (Å²) < 4.78 is 0. The van der Waals surface area contributed by atoms with Gasteiger partial charge in [-0.2, -0.15) is 0 Å². The van der Waals surface area contributed by atoms with E-state index in [1.165, 1.54) is 57.6 Å². The summed E-state index contributed by atoms with van der Waals surface area (Å²) in [7, 11) is 0. The molecule has 0 aliphatic heterocycles. The zero-order valence-electron chi connectivity index (χ0n) is 68.0. The van der Waals surface area contributed by atoms with E-state index in [2.05, 4.69) is 95.0 Å². The molecule has 2 aromatic rings. The number of aromatic amines is 1. The molecule has 658 valence electrons. The van der Waals surface area contributed by atoms with Gasteiger partial charge >= 0.3 is 5.97 Å². The highest BCUT2D eigenvalue weighted by atomic mass is 16.4. The summed E-state index contributed by atoms with van der Waals surface area (Å²) in [6.45, 7) is 12.2. The van der Waals surface area contributed by atoms with E-state index in [1.807, 2.05) is 0 Å². The number of carbonyl (C=O) groups is 17. The molecule has 45 nitrogen and oxygen atoms in total. The molecule has 2 rings (SSSR count). The number of imidazole rings is 1. The summed E-state index contributed by atoms with van der Waals surface area (Å²) in [6, 6.07) is -14.0. The van der Waals surface area contributed by atoms with E-state index in [0.29, 0.717) is 18.4 Å². The van der Waals surface area contributed by atoms with Crippen LogP contribution in [0.5, 0.6) is 5.75 Å². The van der Waals surface area contributed by atoms with Gasteiger partial charge in [0.05, 0.1) is 31.6 Å². The molecule has 0 radical (unpaired) electrons. The smallest absolute Gasteiger partial charge is 0.303 e. The summed E-state index contributed by atoms with van der Waals surface area (Å²) in [5, 5.41) is 84.8. The molecule has 0 saturated heterocycles. The van der Waals surface area contributed by atoms with E-state index in [1.54, 1.807) is 41.5 Å². The molecule has 118 heavy (non-hydrogen) atoms. The van der Waals surface area contributed by atoms with Crippen LogP contribution in [0.4, 0.5) is 0 Å². The molecule has 45 heteroatoms. The monoisotopic (exact) mass is 1670 g/mol. The number of amides is 16. The normalized spacial score (nSPS) is 14.6. The fourth-order valence-electron chi connectivity index (χ4n) is 11.6. The number of aliphatic hydroxyl groups excluding tert-OH is 1. The van der Waals surface area contributed by atoms with Gasteiger partial charge in [0.2, 0.25) is 94.5 Å². The van der Waals surface area contributed by atoms with Crippen LogP contribution in [0.3, 0.4) is 0 Å². The summed E-state index contributed by atoms with van der Waals surface area (Å²) in [5.41, 5.74) is 28.3. The molecular weight excluding hydrogens is 1550 g/mol. The number of rotatable bonds is 56. The Morgan fingerprint density at radius 2 is 0.941 bits per heavy atom. The lowest BCUT2D eigenvalue weighted by Crippen LogP contribution is -2.60. The SMILES string of the molecule is CCC(NC(=O)[C@H](CO)NC(=O)CNC(=O)[C@H](Cc1c[nH]cn1)NC(=O)[C@H](CCCNC(=N)N)NC(=O)[C@H](C)NC(=O)[C@H](CCCCN)NC(=O)[C@H](CCC(=O)O)NC(=O)[C@H](CC(C)C)NC(=O)[C@H](CCCNC(=N)N)NC(=O)[C@@H](NC(C)=O)[C@@H](C)CC)C(=O)N[C@@H](CC(N)=O)C(=O)N[C@@H](Cc1ccc(O)cc1)C(=O)N[C@H](C(N)=O)C(C)C. The van der Waals surface area contributed by atoms with E-state index in [9.17, 15) is 96.8 Å². The van der Waals surface area contributed by atoms with E-state index in [0.717, 1.165) is 0 Å². The molecular formula is C73H121N25O20. The Kier molecular flexibility index (Phi) is 45.7. The molecule has 1 aromatic carbocycles. The van der Waals surface area contributed by atoms with Gasteiger partial charge in [-0.3, -0.25) is 92.3 Å². The highest BCUT2D eigenvalue weighted by molar-refractivity contribution is 6.01. The van der Waals surface area contributed by atoms with Gasteiger partial charge in [-0.25, -0.2) is 4.98 Å². The van der Waals surface area contributed by atoms with Crippen LogP contribution in [-0.4, -0.2) is 249 Å². The lowest BCUT2D eigenvalue weighted by Gasteiger charge is -2.29. The van der Waals surface area contributed by atoms with Crippen molar-refractivity contribution >= 4 is 112 Å². The lowest BCUT2D eigenvalue weighted by atomic mass is 9.97. The van der Waals surface area contributed by atoms with Crippen LogP contribution in [0.2, 0.25) is 0 Å². The summed E-state index contributed by atoms with van der Waals surface area (Å²) in [6.07, 6.45) is 0.435. The molecule has 1 unspecified atom stereocenters. The number of carboxylic acid groups (broad SMARTS) is 1. The molecule has 0 spiro atoms. The number of nitrogens with one attached hydrogen (secondary N) is 19. The van der Waals surface area contributed by atoms with Gasteiger partial charge in [-0.15, -0.1) is 0 Å². The summed E-state index contributed by atoms with van der Waals surface area (Å²) >= 11 is 0. The molecule has 32 N–H and O–H groups in total. The lowest BCUT2D eigenvalue weighted by molar-refractivity contribution is -0.139. The van der Waals surface area contributed by atoms with Gasteiger partial charge in [-0.1, -0.05) is 67.0 Å². The zero-order chi connectivity index (χ0) is 89.1. The molecule has 0 saturated carbocycles. The van der Waals surface area contributed by atoms with Crippen LogP contribution in [0.15, 0.2) is 36.8 Å². The van der Waals surface area contributed by atoms with Gasteiger partial charge in [0.15, 0.2) is 11.9 Å². The predicted molar refractivity (Wildman–Crippen MR) is 426 cm³/mol. The van der Waals surface area contributed by atoms with Crippen LogP contribution in [-0.2, 0) is 94.3 Å². The highest BCUT2D eigenvalue weighted by Gasteiger charge is 2.38. The number of phenolic OH excluding ortho intramolecular Hbond substituents is 1. The Morgan fingerprint density at radius 1 is 0.483 bits per heavy atom. The van der Waals surface area contributed by atoms with Gasteiger partial charge in [0.25, 0.3) is 0 Å². The first kappa shape index (κ1) is 102. The third kappa shape index (κ3) is 38.9. The number of hydrogen-bond acceptors (Lipinski definition) is 23. The van der Waals surface area contributed by atoms with Crippen molar-refractivity contribution in [2.75, 3.05) is 32.8 Å². The average Bonchev–Trinajstić information content (AvgIpc) is 1.06. The molecule has 0 aliphatic rings. The molecule has 0 fully saturated rings. The first-order valence-corrected chi connectivity index (χ1v) is 38.7. The number of aromatic nitrogens is 2. The van der Waals surface area contributed by atoms with Crippen LogP contribution >= 0.6 is 0 Å². The van der Waals surface area contributed by atoms with Crippen LogP contribution in [0.25, 0.3) is 0 Å². The Labute approximate surface area is 682 Å². The maximum Gasteiger partial charge on any atom is 0.303 e. The highest BCUT2D eigenvalue weighted by Crippen LogP contribution is 2.16. The second-order valence-corrected chi connectivity index (χ2v) is 29.0. The van der Waals surface area contributed by atoms with Gasteiger partial charge in [0, 0.05) is 45.5 Å². The Hall–Kier alpha value is -12.3. The number of nitrogens with zero attached hydrogens (tertiary/aromatic N) is 1. The second-order valence-electron chi connectivity index (χ2n) is 29.0. The van der Waals surface area contributed by atoms with Crippen molar-refractivity contribution in [3.8, 4) is 5.75 Å². The predicted octanol–water partition coefficient (Wildman–Crippen LogP) is -7.61. The van der Waals surface area contributed by atoms with Crippen molar-refractivity contribution in [3.63, 3.8) is 0 Å². The number of aliphatic carboxylic acids is 1. The third-order valence-electron chi connectivity index (χ3n) is 18.3. The van der Waals surface area contributed by atoms with Crippen molar-refractivity contribution in [2.24, 2.45) is 46.4 Å². The van der Waals surface area contributed by atoms with Crippen molar-refractivity contribution in [2.45, 2.75) is 237 Å². The van der Waals surface area contributed by atoms with Crippen molar-refractivity contribution in [3.05, 3.63) is 48.0 Å². The summed E-state index contributed by atoms with van der Waals surface area (Å²) in [5.74, 6) is -19.0. The fourth-order valence-corrected chi connectivity index (χ4v) is 11.6. The molecule has 14 atom stereocenters. The number of hydrogen-bond donors (Lipinski definition) is 27. The Balaban J connectivity index is 2.41. The second kappa shape index (κ2) is 53.0. The zero-order valence-corrected chi connectivity index (χ0v) is 68.0. The Morgan fingerprint density at radius 3 is 1.42 bits per heavy atom. The maximum absolute atomic E-state index is 14.4. The number of nitrogens with two attached hydrogens (primary N) is 5. The third-order valence-corrected chi connectivity index (χ3v) is 18.3. The number of H-pyrrole nitrogens is 1. The minimum absolute atomic E-state index is 0.0214. The first-order valence-electron chi connectivity index (χ1n) is 38.7. The standard InChI is InChI=1S/C73H121N25O20/c1-10-38(7)58(87-40(9)100)71(118)93-47(18-15-27-83-73(79)80)65(112)94-49(28-36(3)4)67(114)92-48(23-24-56(104)105)66(113)91-45(16-12-13-25-74)63(110)86-39(8)60(107)90-46(17-14-26-82-72(77)78)64(111)96-51(30-42-32-81-35-85-42)61(108)84-33-55(103)88-53(34-99)70(117)89-44(11-2)62(109)97-52(31-54(75)102)68(115)95-50(29-41-19-21-43(101)22-20-41)69(116)98-57(37(5)6)59(76)106/h19-22,32,35-39,44-53,57-58,99,101H,10-18,23-31,33-34,74H2,1-9H3,(H2,75,102)(H2,76,106)(H,81,85)(H,84,108)(H,86,110)(H,87,100)(H,88,103)(H,89,117)(H,90,107)(H,91,113)(H,92,114)(H,93,118)(H,94,112)(H,95,115)(H,96,111)(H,97,109)(H,98,116)(H,104,105)(H4,77,78,82)(H4,79,80,83)/t38-,39-,44?,45-,46-,47-,48-,49-,50-,51-,52-,53-,57-,58-/m0/s1. The number of primary amides is 2. The average molecular weight is 1670 g/mol. The van der Waals surface area contributed by atoms with Crippen molar-refractivity contribution in [1.82, 2.24) is 95.0 Å². The number of benzene rings is 1. The van der Waals surface area contributed by atoms with E-state index >= 15 is 0 Å². The summed E-state index contributed by atoms with van der Waals surface area (Å²) in [4.78, 5) is 238. The van der Waals surface area contributed by atoms with Gasteiger partial charge in [-0.05, 0) is 113 Å². The van der Waals surface area contributed by atoms with E-state index in [4.69, 9.17) is 39.5 Å². The van der Waals surface area contributed by atoms with Crippen molar-refractivity contribution in [1.29, 1.82) is 10.8 Å². The first-order chi connectivity index (χ1) is 55.5. The van der Waals surface area contributed by atoms with E-state index in [-0.39, 0.29) is 113 Å². The molecule has 16 amide bonds. The van der Waals surface area contributed by atoms with Gasteiger partial charge in [0.1, 0.15) is 84.3 Å². The number of aromatic hydroxyl groups is 1. The largest absolute Gasteiger partial charge is 0.508 e. The molecule has 1 heterocycles. The van der Waals surface area contributed by atoms with Crippen molar-refractivity contribution < 1.29 is 96.8 Å². The fraction of sp³-hybridized carbons (Fsp3) is 0.616. The quantitative estimate of drug-likeness (QED) is 0.0166. The minimum Gasteiger partial charge on any atom is -0.508 e. The number of aliphatic hydroxyl groups is 1. The Bertz CT molecular complexity index is 3740. The number of carbonyl (C=O) groups excluding carboxylic acids is 16. The molecule has 0 bridgehead atoms. The van der Waals surface area contributed by atoms with Gasteiger partial charge < -0.3 is 134 Å².